The van der Waals surface area contributed by atoms with Gasteiger partial charge in [-0.1, -0.05) is 48.0 Å². The molecule has 0 fully saturated rings. The van der Waals surface area contributed by atoms with Gasteiger partial charge in [0.1, 0.15) is 0 Å². The van der Waals surface area contributed by atoms with Gasteiger partial charge in [-0.3, -0.25) is 0 Å². The fourth-order valence-corrected chi connectivity index (χ4v) is 3.62. The molecule has 0 saturated carbocycles. The van der Waals surface area contributed by atoms with E-state index in [-0.39, 0.29) is 18.0 Å². The molecule has 0 heterocycles. The van der Waals surface area contributed by atoms with Crippen LogP contribution in [0.3, 0.4) is 0 Å². The third-order valence-electron chi connectivity index (χ3n) is 3.23. The standard InChI is InChI=1S/C15H17ClN2O2S/c1-18(11-13-7-2-4-8-14(13)16)21(19,20)15-9-5-3-6-12(15)10-17/h2-9H,10-11,17H2,1H3. The molecule has 6 heteroatoms. The number of hydrogen-bond acceptors (Lipinski definition) is 3. The molecule has 0 amide bonds. The number of rotatable bonds is 5. The lowest BCUT2D eigenvalue weighted by atomic mass is 10.2. The van der Waals surface area contributed by atoms with Crippen molar-refractivity contribution in [3.8, 4) is 0 Å². The summed E-state index contributed by atoms with van der Waals surface area (Å²) in [5.74, 6) is 0. The smallest absolute Gasteiger partial charge is 0.243 e. The summed E-state index contributed by atoms with van der Waals surface area (Å²) in [6.07, 6.45) is 0. The second-order valence-corrected chi connectivity index (χ2v) is 7.08. The summed E-state index contributed by atoms with van der Waals surface area (Å²) < 4.78 is 26.6. The molecule has 2 rings (SSSR count). The maximum atomic E-state index is 12.7. The number of nitrogens with two attached hydrogens (primary N) is 1. The van der Waals surface area contributed by atoms with Crippen LogP contribution in [0.15, 0.2) is 53.4 Å². The second kappa shape index (κ2) is 6.58. The van der Waals surface area contributed by atoms with Gasteiger partial charge in [-0.15, -0.1) is 0 Å². The molecule has 0 aliphatic heterocycles. The summed E-state index contributed by atoms with van der Waals surface area (Å²) >= 11 is 6.08. The van der Waals surface area contributed by atoms with E-state index in [0.29, 0.717) is 10.6 Å². The van der Waals surface area contributed by atoms with Crippen LogP contribution in [0.4, 0.5) is 0 Å². The molecule has 0 bridgehead atoms. The maximum absolute atomic E-state index is 12.7. The van der Waals surface area contributed by atoms with Crippen molar-refractivity contribution in [2.24, 2.45) is 5.73 Å². The molecule has 0 atom stereocenters. The predicted octanol–water partition coefficient (Wildman–Crippen LogP) is 2.62. The van der Waals surface area contributed by atoms with E-state index in [1.807, 2.05) is 18.2 Å². The first-order valence-electron chi connectivity index (χ1n) is 6.44. The zero-order chi connectivity index (χ0) is 15.5. The van der Waals surface area contributed by atoms with Gasteiger partial charge >= 0.3 is 0 Å². The summed E-state index contributed by atoms with van der Waals surface area (Å²) in [6, 6.07) is 13.9. The third kappa shape index (κ3) is 3.44. The Kier molecular flexibility index (Phi) is 5.00. The Bertz CT molecular complexity index is 732. The highest BCUT2D eigenvalue weighted by atomic mass is 35.5. The molecule has 0 aliphatic rings. The summed E-state index contributed by atoms with van der Waals surface area (Å²) in [5.41, 5.74) is 6.98. The van der Waals surface area contributed by atoms with E-state index in [1.165, 1.54) is 11.4 Å². The highest BCUT2D eigenvalue weighted by molar-refractivity contribution is 7.89. The Morgan fingerprint density at radius 3 is 2.24 bits per heavy atom. The van der Waals surface area contributed by atoms with Gasteiger partial charge in [-0.25, -0.2) is 8.42 Å². The van der Waals surface area contributed by atoms with Gasteiger partial charge < -0.3 is 5.73 Å². The number of benzene rings is 2. The van der Waals surface area contributed by atoms with Crippen LogP contribution < -0.4 is 5.73 Å². The van der Waals surface area contributed by atoms with E-state index in [9.17, 15) is 8.42 Å². The van der Waals surface area contributed by atoms with Gasteiger partial charge in [-0.05, 0) is 23.3 Å². The first-order valence-corrected chi connectivity index (χ1v) is 8.26. The van der Waals surface area contributed by atoms with E-state index >= 15 is 0 Å². The van der Waals surface area contributed by atoms with Crippen LogP contribution in [0.5, 0.6) is 0 Å². The van der Waals surface area contributed by atoms with Crippen LogP contribution in [0, 0.1) is 0 Å². The number of halogens is 1. The van der Waals surface area contributed by atoms with E-state index in [2.05, 4.69) is 0 Å². The van der Waals surface area contributed by atoms with Crippen LogP contribution in [0.25, 0.3) is 0 Å². The van der Waals surface area contributed by atoms with Gasteiger partial charge in [-0.2, -0.15) is 4.31 Å². The minimum absolute atomic E-state index is 0.176. The second-order valence-electron chi connectivity index (χ2n) is 4.66. The van der Waals surface area contributed by atoms with Gasteiger partial charge in [0.05, 0.1) is 4.90 Å². The first kappa shape index (κ1) is 16.0. The zero-order valence-electron chi connectivity index (χ0n) is 11.7. The number of nitrogens with zero attached hydrogens (tertiary/aromatic N) is 1. The van der Waals surface area contributed by atoms with Crippen molar-refractivity contribution < 1.29 is 8.42 Å². The Balaban J connectivity index is 2.33. The molecule has 0 aliphatic carbocycles. The van der Waals surface area contributed by atoms with Gasteiger partial charge in [0.2, 0.25) is 10.0 Å². The van der Waals surface area contributed by atoms with Crippen molar-refractivity contribution in [2.75, 3.05) is 7.05 Å². The SMILES string of the molecule is CN(Cc1ccccc1Cl)S(=O)(=O)c1ccccc1CN. The Labute approximate surface area is 130 Å². The number of sulfonamides is 1. The fraction of sp³-hybridized carbons (Fsp3) is 0.200. The Morgan fingerprint density at radius 2 is 1.62 bits per heavy atom. The molecule has 4 nitrogen and oxygen atoms in total. The minimum Gasteiger partial charge on any atom is -0.326 e. The molecule has 2 N–H and O–H groups in total. The molecule has 0 spiro atoms. The average Bonchev–Trinajstić information content (AvgIpc) is 2.49. The van der Waals surface area contributed by atoms with Crippen LogP contribution in [0.1, 0.15) is 11.1 Å². The third-order valence-corrected chi connectivity index (χ3v) is 5.50. The topological polar surface area (TPSA) is 63.4 Å². The summed E-state index contributed by atoms with van der Waals surface area (Å²) in [7, 11) is -2.07. The van der Waals surface area contributed by atoms with Crippen LogP contribution in [0.2, 0.25) is 5.02 Å². The predicted molar refractivity (Wildman–Crippen MR) is 84.4 cm³/mol. The van der Waals surface area contributed by atoms with Gasteiger partial charge in [0.15, 0.2) is 0 Å². The van der Waals surface area contributed by atoms with E-state index in [1.54, 1.807) is 30.3 Å². The highest BCUT2D eigenvalue weighted by Crippen LogP contribution is 2.23. The van der Waals surface area contributed by atoms with Crippen LogP contribution >= 0.6 is 11.6 Å². The van der Waals surface area contributed by atoms with E-state index in [0.717, 1.165) is 5.56 Å². The fourth-order valence-electron chi connectivity index (χ4n) is 2.04. The van der Waals surface area contributed by atoms with E-state index in [4.69, 9.17) is 17.3 Å². The molecule has 112 valence electrons. The monoisotopic (exact) mass is 324 g/mol. The quantitative estimate of drug-likeness (QED) is 0.919. The Morgan fingerprint density at radius 1 is 1.05 bits per heavy atom. The Hall–Kier alpha value is -1.40. The van der Waals surface area contributed by atoms with Crippen molar-refractivity contribution in [3.05, 3.63) is 64.7 Å². The lowest BCUT2D eigenvalue weighted by Gasteiger charge is -2.19. The normalized spacial score (nSPS) is 11.8. The van der Waals surface area contributed by atoms with Crippen molar-refractivity contribution in [3.63, 3.8) is 0 Å². The molecule has 2 aromatic carbocycles. The summed E-state index contributed by atoms with van der Waals surface area (Å²) in [5, 5.41) is 0.548. The number of hydrogen-bond donors (Lipinski definition) is 1. The molecule has 21 heavy (non-hydrogen) atoms. The molecular formula is C15H17ClN2O2S. The summed E-state index contributed by atoms with van der Waals surface area (Å²) in [4.78, 5) is 0.238. The first-order chi connectivity index (χ1) is 9.96. The van der Waals surface area contributed by atoms with Crippen LogP contribution in [-0.2, 0) is 23.1 Å². The van der Waals surface area contributed by atoms with Crippen molar-refractivity contribution in [1.29, 1.82) is 0 Å². The highest BCUT2D eigenvalue weighted by Gasteiger charge is 2.23. The lowest BCUT2D eigenvalue weighted by molar-refractivity contribution is 0.466. The van der Waals surface area contributed by atoms with Crippen LogP contribution in [-0.4, -0.2) is 19.8 Å². The van der Waals surface area contributed by atoms with Gasteiger partial charge in [0, 0.05) is 25.2 Å². The molecular weight excluding hydrogens is 308 g/mol. The van der Waals surface area contributed by atoms with Crippen molar-refractivity contribution in [1.82, 2.24) is 4.31 Å². The summed E-state index contributed by atoms with van der Waals surface area (Å²) in [6.45, 7) is 0.385. The largest absolute Gasteiger partial charge is 0.326 e. The molecule has 2 aromatic rings. The molecule has 0 unspecified atom stereocenters. The maximum Gasteiger partial charge on any atom is 0.243 e. The van der Waals surface area contributed by atoms with E-state index < -0.39 is 10.0 Å². The van der Waals surface area contributed by atoms with Crippen molar-refractivity contribution in [2.45, 2.75) is 18.0 Å². The minimum atomic E-state index is -3.60. The lowest BCUT2D eigenvalue weighted by Crippen LogP contribution is -2.27. The van der Waals surface area contributed by atoms with Gasteiger partial charge in [0.25, 0.3) is 0 Å². The zero-order valence-corrected chi connectivity index (χ0v) is 13.2. The molecule has 0 radical (unpaired) electrons. The van der Waals surface area contributed by atoms with Crippen molar-refractivity contribution >= 4 is 21.6 Å². The molecule has 0 aromatic heterocycles. The molecule has 0 saturated heterocycles. The average molecular weight is 325 g/mol.